The van der Waals surface area contributed by atoms with Gasteiger partial charge in [-0.15, -0.1) is 0 Å². The Balaban J connectivity index is 2.00. The number of halogens is 1. The summed E-state index contributed by atoms with van der Waals surface area (Å²) in [7, 11) is 1.53. The van der Waals surface area contributed by atoms with Crippen LogP contribution in [-0.2, 0) is 4.79 Å². The molecule has 3 rings (SSSR count). The van der Waals surface area contributed by atoms with E-state index in [0.717, 1.165) is 0 Å². The third-order valence-electron chi connectivity index (χ3n) is 3.89. The van der Waals surface area contributed by atoms with Gasteiger partial charge >= 0.3 is 5.97 Å². The molecule has 1 heterocycles. The predicted molar refractivity (Wildman–Crippen MR) is 100.0 cm³/mol. The molecule has 0 radical (unpaired) electrons. The Bertz CT molecular complexity index is 966. The lowest BCUT2D eigenvalue weighted by Crippen LogP contribution is -2.21. The zero-order chi connectivity index (χ0) is 18.8. The molecule has 0 atom stereocenters. The first-order valence-electron chi connectivity index (χ1n) is 7.69. The topological polar surface area (TPSA) is 79.2 Å². The van der Waals surface area contributed by atoms with Crippen LogP contribution in [0.2, 0.25) is 5.02 Å². The molecule has 1 aliphatic heterocycles. The van der Waals surface area contributed by atoms with E-state index in [9.17, 15) is 9.59 Å². The summed E-state index contributed by atoms with van der Waals surface area (Å²) in [6.07, 6.45) is 1.66. The molecule has 2 aromatic carbocycles. The molecule has 0 saturated carbocycles. The summed E-state index contributed by atoms with van der Waals surface area (Å²) in [5, 5.41) is 15.1. The van der Waals surface area contributed by atoms with Crippen molar-refractivity contribution in [3.05, 3.63) is 64.2 Å². The Labute approximate surface area is 155 Å². The highest BCUT2D eigenvalue weighted by Gasteiger charge is 2.29. The van der Waals surface area contributed by atoms with Crippen molar-refractivity contribution in [1.82, 2.24) is 0 Å². The summed E-state index contributed by atoms with van der Waals surface area (Å²) in [4.78, 5) is 24.0. The van der Waals surface area contributed by atoms with E-state index in [1.165, 1.54) is 24.3 Å². The molecular weight excluding hydrogens is 356 g/mol. The van der Waals surface area contributed by atoms with Crippen LogP contribution in [0, 0.1) is 0 Å². The number of hydrogen-bond acceptors (Lipinski definition) is 4. The Morgan fingerprint density at radius 1 is 1.27 bits per heavy atom. The van der Waals surface area contributed by atoms with Crippen molar-refractivity contribution in [2.75, 3.05) is 12.1 Å². The zero-order valence-corrected chi connectivity index (χ0v) is 14.8. The first kappa shape index (κ1) is 17.7. The highest BCUT2D eigenvalue weighted by Crippen LogP contribution is 2.29. The van der Waals surface area contributed by atoms with Crippen molar-refractivity contribution in [3.63, 3.8) is 0 Å². The number of anilines is 1. The van der Waals surface area contributed by atoms with Crippen LogP contribution in [-0.4, -0.2) is 29.8 Å². The molecule has 2 aromatic rings. The summed E-state index contributed by atoms with van der Waals surface area (Å²) in [5.41, 5.74) is 2.01. The van der Waals surface area contributed by atoms with Crippen LogP contribution in [0.1, 0.15) is 22.8 Å². The number of nitrogens with zero attached hydrogens (tertiary/aromatic N) is 2. The SMILES string of the molecule is COc1ccc(Cl)cc1/C=C1\C(=O)N(c2cccc(C(=O)O)c2)N=C1C. The molecular formula is C19H15ClN2O4. The summed E-state index contributed by atoms with van der Waals surface area (Å²) in [6, 6.07) is 11.2. The summed E-state index contributed by atoms with van der Waals surface area (Å²) in [5.74, 6) is -0.848. The maximum atomic E-state index is 12.8. The Hall–Kier alpha value is -3.12. The van der Waals surface area contributed by atoms with Crippen molar-refractivity contribution >= 4 is 41.0 Å². The van der Waals surface area contributed by atoms with Crippen molar-refractivity contribution in [1.29, 1.82) is 0 Å². The maximum absolute atomic E-state index is 12.8. The van der Waals surface area contributed by atoms with Gasteiger partial charge in [0.05, 0.1) is 29.6 Å². The molecule has 7 heteroatoms. The van der Waals surface area contributed by atoms with Gasteiger partial charge in [0.2, 0.25) is 0 Å². The van der Waals surface area contributed by atoms with Gasteiger partial charge in [-0.25, -0.2) is 4.79 Å². The number of carboxylic acid groups (broad SMARTS) is 1. The molecule has 0 aliphatic carbocycles. The minimum Gasteiger partial charge on any atom is -0.496 e. The highest BCUT2D eigenvalue weighted by molar-refractivity contribution is 6.33. The van der Waals surface area contributed by atoms with Gasteiger partial charge < -0.3 is 9.84 Å². The van der Waals surface area contributed by atoms with E-state index < -0.39 is 5.97 Å². The highest BCUT2D eigenvalue weighted by atomic mass is 35.5. The van der Waals surface area contributed by atoms with Crippen LogP contribution >= 0.6 is 11.6 Å². The average molecular weight is 371 g/mol. The Kier molecular flexibility index (Phi) is 4.77. The van der Waals surface area contributed by atoms with Crippen LogP contribution in [0.3, 0.4) is 0 Å². The van der Waals surface area contributed by atoms with Gasteiger partial charge in [0.15, 0.2) is 0 Å². The molecule has 132 valence electrons. The average Bonchev–Trinajstić information content (AvgIpc) is 2.90. The number of rotatable bonds is 4. The van der Waals surface area contributed by atoms with E-state index in [1.807, 2.05) is 0 Å². The Morgan fingerprint density at radius 2 is 2.04 bits per heavy atom. The second-order valence-corrected chi connectivity index (χ2v) is 6.04. The molecule has 0 bridgehead atoms. The van der Waals surface area contributed by atoms with Gasteiger partial charge in [-0.3, -0.25) is 4.79 Å². The lowest BCUT2D eigenvalue weighted by molar-refractivity contribution is -0.114. The summed E-state index contributed by atoms with van der Waals surface area (Å²) in [6.45, 7) is 1.71. The van der Waals surface area contributed by atoms with E-state index in [2.05, 4.69) is 5.10 Å². The van der Waals surface area contributed by atoms with E-state index >= 15 is 0 Å². The molecule has 6 nitrogen and oxygen atoms in total. The predicted octanol–water partition coefficient (Wildman–Crippen LogP) is 3.85. The molecule has 0 aromatic heterocycles. The van der Waals surface area contributed by atoms with Crippen molar-refractivity contribution in [3.8, 4) is 5.75 Å². The molecule has 1 amide bonds. The van der Waals surface area contributed by atoms with E-state index in [0.29, 0.717) is 33.3 Å². The van der Waals surface area contributed by atoms with Gasteiger partial charge in [0.25, 0.3) is 5.91 Å². The number of ether oxygens (including phenoxy) is 1. The molecule has 26 heavy (non-hydrogen) atoms. The molecule has 0 spiro atoms. The number of methoxy groups -OCH3 is 1. The number of aromatic carboxylic acids is 1. The first-order valence-corrected chi connectivity index (χ1v) is 8.07. The van der Waals surface area contributed by atoms with Gasteiger partial charge in [0, 0.05) is 10.6 Å². The van der Waals surface area contributed by atoms with Crippen LogP contribution in [0.5, 0.6) is 5.75 Å². The lowest BCUT2D eigenvalue weighted by Gasteiger charge is -2.12. The zero-order valence-electron chi connectivity index (χ0n) is 14.1. The summed E-state index contributed by atoms with van der Waals surface area (Å²) < 4.78 is 5.30. The minimum absolute atomic E-state index is 0.0806. The fraction of sp³-hybridized carbons (Fsp3) is 0.105. The van der Waals surface area contributed by atoms with Gasteiger partial charge in [0.1, 0.15) is 5.75 Å². The number of carbonyl (C=O) groups excluding carboxylic acids is 1. The normalized spacial score (nSPS) is 15.3. The fourth-order valence-corrected chi connectivity index (χ4v) is 2.78. The van der Waals surface area contributed by atoms with Crippen molar-refractivity contribution in [2.24, 2.45) is 5.10 Å². The van der Waals surface area contributed by atoms with Crippen LogP contribution in [0.25, 0.3) is 6.08 Å². The van der Waals surface area contributed by atoms with Crippen LogP contribution < -0.4 is 9.75 Å². The second-order valence-electron chi connectivity index (χ2n) is 5.60. The Morgan fingerprint density at radius 3 is 2.73 bits per heavy atom. The number of amides is 1. The van der Waals surface area contributed by atoms with E-state index in [4.69, 9.17) is 21.4 Å². The second kappa shape index (κ2) is 7.01. The monoisotopic (exact) mass is 370 g/mol. The fourth-order valence-electron chi connectivity index (χ4n) is 2.60. The van der Waals surface area contributed by atoms with Crippen LogP contribution in [0.4, 0.5) is 5.69 Å². The standard InChI is InChI=1S/C19H15ClN2O4/c1-11-16(10-13-8-14(20)6-7-17(13)26-2)18(23)22(21-11)15-5-3-4-12(9-15)19(24)25/h3-10H,1-2H3,(H,24,25)/b16-10-. The third-order valence-corrected chi connectivity index (χ3v) is 4.13. The quantitative estimate of drug-likeness (QED) is 0.829. The van der Waals surface area contributed by atoms with Gasteiger partial charge in [-0.2, -0.15) is 10.1 Å². The third kappa shape index (κ3) is 3.32. The summed E-state index contributed by atoms with van der Waals surface area (Å²) >= 11 is 6.04. The first-order chi connectivity index (χ1) is 12.4. The van der Waals surface area contributed by atoms with Gasteiger partial charge in [-0.1, -0.05) is 17.7 Å². The number of carboxylic acids is 1. The molecule has 0 fully saturated rings. The number of carbonyl (C=O) groups is 2. The molecule has 0 unspecified atom stereocenters. The van der Waals surface area contributed by atoms with Gasteiger partial charge in [-0.05, 0) is 49.4 Å². The largest absolute Gasteiger partial charge is 0.496 e. The van der Waals surface area contributed by atoms with Crippen molar-refractivity contribution in [2.45, 2.75) is 6.92 Å². The molecule has 1 N–H and O–H groups in total. The van der Waals surface area contributed by atoms with E-state index in [1.54, 1.807) is 43.3 Å². The number of hydrazone groups is 1. The molecule has 0 saturated heterocycles. The lowest BCUT2D eigenvalue weighted by atomic mass is 10.1. The smallest absolute Gasteiger partial charge is 0.335 e. The molecule has 1 aliphatic rings. The van der Waals surface area contributed by atoms with Crippen LogP contribution in [0.15, 0.2) is 53.1 Å². The number of hydrogen-bond donors (Lipinski definition) is 1. The minimum atomic E-state index is -1.07. The van der Waals surface area contributed by atoms with E-state index in [-0.39, 0.29) is 11.5 Å². The maximum Gasteiger partial charge on any atom is 0.335 e. The number of benzene rings is 2. The van der Waals surface area contributed by atoms with Crippen molar-refractivity contribution < 1.29 is 19.4 Å².